The molecular formula is C18H21NO4. The molecule has 0 aliphatic rings. The molecule has 0 unspecified atom stereocenters. The van der Waals surface area contributed by atoms with Gasteiger partial charge in [-0.1, -0.05) is 18.2 Å². The normalized spacial score (nSPS) is 10.1. The fourth-order valence-corrected chi connectivity index (χ4v) is 2.03. The van der Waals surface area contributed by atoms with Gasteiger partial charge in [-0.2, -0.15) is 5.90 Å². The number of unbranched alkanes of at least 4 members (excludes halogenated alkanes) is 2. The van der Waals surface area contributed by atoms with E-state index in [-0.39, 0.29) is 5.97 Å². The summed E-state index contributed by atoms with van der Waals surface area (Å²) >= 11 is 0. The van der Waals surface area contributed by atoms with Crippen LogP contribution in [0.1, 0.15) is 25.7 Å². The van der Waals surface area contributed by atoms with Crippen molar-refractivity contribution < 1.29 is 19.1 Å². The van der Waals surface area contributed by atoms with E-state index in [9.17, 15) is 4.79 Å². The van der Waals surface area contributed by atoms with Crippen molar-refractivity contribution in [1.29, 1.82) is 0 Å². The Hall–Kier alpha value is -2.53. The molecule has 0 bridgehead atoms. The second-order valence-corrected chi connectivity index (χ2v) is 5.04. The molecule has 23 heavy (non-hydrogen) atoms. The van der Waals surface area contributed by atoms with E-state index < -0.39 is 0 Å². The smallest absolute Gasteiger partial charge is 0.324 e. The summed E-state index contributed by atoms with van der Waals surface area (Å²) in [6, 6.07) is 17.1. The summed E-state index contributed by atoms with van der Waals surface area (Å²) in [4.78, 5) is 14.9. The minimum Gasteiger partial charge on any atom is -0.494 e. The van der Waals surface area contributed by atoms with Gasteiger partial charge in [-0.25, -0.2) is 0 Å². The quantitative estimate of drug-likeness (QED) is 0.562. The SMILES string of the molecule is NOC(=O)CCCCCOc1ccc(Oc2ccccc2)cc1. The van der Waals surface area contributed by atoms with Gasteiger partial charge >= 0.3 is 5.97 Å². The second-order valence-electron chi connectivity index (χ2n) is 5.04. The van der Waals surface area contributed by atoms with Gasteiger partial charge in [0.25, 0.3) is 0 Å². The number of hydrogen-bond acceptors (Lipinski definition) is 5. The van der Waals surface area contributed by atoms with Crippen molar-refractivity contribution in [1.82, 2.24) is 0 Å². The topological polar surface area (TPSA) is 70.8 Å². The van der Waals surface area contributed by atoms with Crippen LogP contribution in [0.3, 0.4) is 0 Å². The van der Waals surface area contributed by atoms with Gasteiger partial charge in [-0.3, -0.25) is 4.79 Å². The van der Waals surface area contributed by atoms with Crippen molar-refractivity contribution in [3.8, 4) is 17.2 Å². The van der Waals surface area contributed by atoms with E-state index in [4.69, 9.17) is 15.4 Å². The maximum Gasteiger partial charge on any atom is 0.324 e. The van der Waals surface area contributed by atoms with Gasteiger partial charge in [0.15, 0.2) is 0 Å². The number of hydrogen-bond donors (Lipinski definition) is 1. The van der Waals surface area contributed by atoms with Gasteiger partial charge in [-0.15, -0.1) is 0 Å². The van der Waals surface area contributed by atoms with Crippen LogP contribution in [0.15, 0.2) is 54.6 Å². The van der Waals surface area contributed by atoms with Crippen LogP contribution in [0.5, 0.6) is 17.2 Å². The fourth-order valence-electron chi connectivity index (χ4n) is 2.03. The number of rotatable bonds is 9. The van der Waals surface area contributed by atoms with Crippen LogP contribution >= 0.6 is 0 Å². The summed E-state index contributed by atoms with van der Waals surface area (Å²) in [5.74, 6) is 6.76. The molecule has 5 heteroatoms. The van der Waals surface area contributed by atoms with Crippen molar-refractivity contribution in [3.63, 3.8) is 0 Å². The van der Waals surface area contributed by atoms with Gasteiger partial charge in [0.05, 0.1) is 6.61 Å². The molecule has 2 rings (SSSR count). The first-order valence-corrected chi connectivity index (χ1v) is 7.63. The maximum atomic E-state index is 10.8. The van der Waals surface area contributed by atoms with Crippen LogP contribution in [0, 0.1) is 0 Å². The standard InChI is InChI=1S/C18H21NO4/c19-23-18(20)9-5-2-6-14-21-15-10-12-17(13-11-15)22-16-7-3-1-4-8-16/h1,3-4,7-8,10-13H,2,5-6,9,14,19H2. The lowest BCUT2D eigenvalue weighted by Crippen LogP contribution is -2.09. The highest BCUT2D eigenvalue weighted by molar-refractivity contribution is 5.68. The van der Waals surface area contributed by atoms with Crippen molar-refractivity contribution >= 4 is 5.97 Å². The molecule has 2 aromatic rings. The van der Waals surface area contributed by atoms with Crippen LogP contribution in [0.25, 0.3) is 0 Å². The molecule has 0 aliphatic heterocycles. The van der Waals surface area contributed by atoms with E-state index in [1.807, 2.05) is 54.6 Å². The Bertz CT molecular complexity index is 584. The van der Waals surface area contributed by atoms with Crippen LogP contribution in [-0.2, 0) is 9.63 Å². The fraction of sp³-hybridized carbons (Fsp3) is 0.278. The molecule has 0 spiro atoms. The first kappa shape index (κ1) is 16.8. The number of carbonyl (C=O) groups excluding carboxylic acids is 1. The maximum absolute atomic E-state index is 10.8. The average Bonchev–Trinajstić information content (AvgIpc) is 2.60. The predicted molar refractivity (Wildman–Crippen MR) is 87.2 cm³/mol. The Kier molecular flexibility index (Phi) is 6.94. The lowest BCUT2D eigenvalue weighted by atomic mass is 10.2. The van der Waals surface area contributed by atoms with Crippen molar-refractivity contribution in [3.05, 3.63) is 54.6 Å². The summed E-state index contributed by atoms with van der Waals surface area (Å²) in [6.45, 7) is 0.608. The Morgan fingerprint density at radius 2 is 1.48 bits per heavy atom. The molecule has 0 atom stereocenters. The highest BCUT2D eigenvalue weighted by atomic mass is 16.7. The summed E-state index contributed by atoms with van der Waals surface area (Å²) in [5, 5.41) is 0. The van der Waals surface area contributed by atoms with E-state index in [0.717, 1.165) is 36.5 Å². The molecule has 0 saturated heterocycles. The lowest BCUT2D eigenvalue weighted by Gasteiger charge is -2.08. The molecule has 5 nitrogen and oxygen atoms in total. The van der Waals surface area contributed by atoms with Crippen molar-refractivity contribution in [2.24, 2.45) is 5.90 Å². The molecule has 0 radical (unpaired) electrons. The van der Waals surface area contributed by atoms with E-state index in [1.165, 1.54) is 0 Å². The van der Waals surface area contributed by atoms with Gasteiger partial charge in [0, 0.05) is 6.42 Å². The highest BCUT2D eigenvalue weighted by Gasteiger charge is 2.01. The van der Waals surface area contributed by atoms with Crippen LogP contribution < -0.4 is 15.4 Å². The molecule has 0 fully saturated rings. The number of nitrogens with two attached hydrogens (primary N) is 1. The zero-order chi connectivity index (χ0) is 16.3. The monoisotopic (exact) mass is 315 g/mol. The molecule has 2 N–H and O–H groups in total. The molecule has 0 saturated carbocycles. The Morgan fingerprint density at radius 3 is 2.17 bits per heavy atom. The van der Waals surface area contributed by atoms with E-state index in [2.05, 4.69) is 4.84 Å². The third kappa shape index (κ3) is 6.40. The summed E-state index contributed by atoms with van der Waals surface area (Å²) in [6.07, 6.45) is 2.87. The van der Waals surface area contributed by atoms with Crippen LogP contribution in [0.4, 0.5) is 0 Å². The first-order valence-electron chi connectivity index (χ1n) is 7.63. The average molecular weight is 315 g/mol. The predicted octanol–water partition coefficient (Wildman–Crippen LogP) is 3.84. The Balaban J connectivity index is 1.66. The Labute approximate surface area is 135 Å². The summed E-state index contributed by atoms with van der Waals surface area (Å²) < 4.78 is 11.4. The van der Waals surface area contributed by atoms with Gasteiger partial charge < -0.3 is 14.3 Å². The van der Waals surface area contributed by atoms with Crippen molar-refractivity contribution in [2.45, 2.75) is 25.7 Å². The minimum atomic E-state index is -0.375. The second kappa shape index (κ2) is 9.48. The molecule has 0 aliphatic carbocycles. The lowest BCUT2D eigenvalue weighted by molar-refractivity contribution is -0.144. The van der Waals surface area contributed by atoms with E-state index in [0.29, 0.717) is 13.0 Å². The van der Waals surface area contributed by atoms with Crippen LogP contribution in [-0.4, -0.2) is 12.6 Å². The third-order valence-corrected chi connectivity index (χ3v) is 3.23. The number of para-hydroxylation sites is 1. The van der Waals surface area contributed by atoms with Gasteiger partial charge in [0.1, 0.15) is 17.2 Å². The molecule has 0 heterocycles. The summed E-state index contributed by atoms with van der Waals surface area (Å²) in [5.41, 5.74) is 0. The minimum absolute atomic E-state index is 0.349. The molecule has 122 valence electrons. The number of carbonyl (C=O) groups is 1. The molecule has 2 aromatic carbocycles. The van der Waals surface area contributed by atoms with Gasteiger partial charge in [-0.05, 0) is 55.7 Å². The number of benzene rings is 2. The van der Waals surface area contributed by atoms with Crippen LogP contribution in [0.2, 0.25) is 0 Å². The highest BCUT2D eigenvalue weighted by Crippen LogP contribution is 2.23. The molecule has 0 amide bonds. The third-order valence-electron chi connectivity index (χ3n) is 3.23. The Morgan fingerprint density at radius 1 is 0.826 bits per heavy atom. The zero-order valence-electron chi connectivity index (χ0n) is 12.9. The number of ether oxygens (including phenoxy) is 2. The molecular weight excluding hydrogens is 294 g/mol. The first-order chi connectivity index (χ1) is 11.3. The molecule has 0 aromatic heterocycles. The van der Waals surface area contributed by atoms with Gasteiger partial charge in [0.2, 0.25) is 0 Å². The van der Waals surface area contributed by atoms with E-state index in [1.54, 1.807) is 0 Å². The zero-order valence-corrected chi connectivity index (χ0v) is 12.9. The van der Waals surface area contributed by atoms with E-state index >= 15 is 0 Å². The largest absolute Gasteiger partial charge is 0.494 e. The summed E-state index contributed by atoms with van der Waals surface area (Å²) in [7, 11) is 0. The van der Waals surface area contributed by atoms with Crippen molar-refractivity contribution in [2.75, 3.05) is 6.61 Å².